The number of aryl methyl sites for hydroxylation is 1. The first-order valence-corrected chi connectivity index (χ1v) is 10.5. The molecule has 0 aliphatic carbocycles. The highest BCUT2D eigenvalue weighted by atomic mass is 16.1. The van der Waals surface area contributed by atoms with Gasteiger partial charge in [0.1, 0.15) is 12.1 Å². The highest BCUT2D eigenvalue weighted by molar-refractivity contribution is 6.08. The number of pyridine rings is 1. The summed E-state index contributed by atoms with van der Waals surface area (Å²) in [5, 5.41) is 6.34. The summed E-state index contributed by atoms with van der Waals surface area (Å²) in [4.78, 5) is 25.9. The first-order valence-electron chi connectivity index (χ1n) is 10.5. The molecule has 0 bridgehead atoms. The van der Waals surface area contributed by atoms with Gasteiger partial charge in [0.05, 0.1) is 16.9 Å². The van der Waals surface area contributed by atoms with Gasteiger partial charge in [0.15, 0.2) is 0 Å². The van der Waals surface area contributed by atoms with Crippen LogP contribution >= 0.6 is 0 Å². The van der Waals surface area contributed by atoms with Crippen LogP contribution < -0.4 is 10.6 Å². The Bertz CT molecular complexity index is 1220. The Morgan fingerprint density at radius 2 is 1.75 bits per heavy atom. The van der Waals surface area contributed by atoms with Crippen molar-refractivity contribution in [2.24, 2.45) is 0 Å². The summed E-state index contributed by atoms with van der Waals surface area (Å²) in [5.41, 5.74) is 5.80. The molecular weight excluding hydrogens is 398 g/mol. The number of hydrogen-bond acceptors (Lipinski definition) is 5. The molecule has 0 saturated carbocycles. The van der Waals surface area contributed by atoms with Crippen LogP contribution in [0.25, 0.3) is 11.3 Å². The maximum absolute atomic E-state index is 13.1. The lowest BCUT2D eigenvalue weighted by Crippen LogP contribution is -2.14. The van der Waals surface area contributed by atoms with Crippen molar-refractivity contribution in [3.05, 3.63) is 96.1 Å². The van der Waals surface area contributed by atoms with Crippen molar-refractivity contribution in [2.75, 3.05) is 10.6 Å². The molecule has 32 heavy (non-hydrogen) atoms. The average Bonchev–Trinajstić information content (AvgIpc) is 2.80. The zero-order chi connectivity index (χ0) is 22.5. The molecule has 0 saturated heterocycles. The molecule has 1 amide bonds. The zero-order valence-corrected chi connectivity index (χ0v) is 18.3. The van der Waals surface area contributed by atoms with Gasteiger partial charge >= 0.3 is 0 Å². The van der Waals surface area contributed by atoms with Gasteiger partial charge in [-0.3, -0.25) is 4.79 Å². The zero-order valence-electron chi connectivity index (χ0n) is 18.3. The van der Waals surface area contributed by atoms with Crippen molar-refractivity contribution in [3.8, 4) is 11.3 Å². The highest BCUT2D eigenvalue weighted by Crippen LogP contribution is 2.29. The molecule has 4 rings (SSSR count). The normalized spacial score (nSPS) is 10.8. The van der Waals surface area contributed by atoms with Crippen molar-refractivity contribution in [3.63, 3.8) is 0 Å². The third kappa shape index (κ3) is 4.81. The van der Waals surface area contributed by atoms with Crippen LogP contribution in [0.2, 0.25) is 0 Å². The summed E-state index contributed by atoms with van der Waals surface area (Å²) < 4.78 is 0. The van der Waals surface area contributed by atoms with Gasteiger partial charge < -0.3 is 10.6 Å². The highest BCUT2D eigenvalue weighted by Gasteiger charge is 2.15. The van der Waals surface area contributed by atoms with E-state index >= 15 is 0 Å². The Morgan fingerprint density at radius 1 is 0.938 bits per heavy atom. The number of carbonyl (C=O) groups is 1. The van der Waals surface area contributed by atoms with Gasteiger partial charge in [-0.1, -0.05) is 32.0 Å². The molecule has 0 radical (unpaired) electrons. The van der Waals surface area contributed by atoms with Gasteiger partial charge in [-0.05, 0) is 66.4 Å². The van der Waals surface area contributed by atoms with Gasteiger partial charge in [0, 0.05) is 23.6 Å². The standard InChI is InChI=1S/C26H25N5O/c1-17(2)19-7-9-20(10-8-19)30-26(32)22-11-6-18(3)15-24(22)31-25-21(5-4-13-28-25)23-12-14-27-16-29-23/h4-17H,1-3H3,(H,28,31)(H,30,32). The quantitative estimate of drug-likeness (QED) is 0.400. The minimum absolute atomic E-state index is 0.190. The number of benzene rings is 2. The number of hydrogen-bond donors (Lipinski definition) is 2. The van der Waals surface area contributed by atoms with E-state index in [0.29, 0.717) is 23.0 Å². The Balaban J connectivity index is 1.63. The molecule has 0 unspecified atom stereocenters. The van der Waals surface area contributed by atoms with Crippen molar-refractivity contribution in [1.29, 1.82) is 0 Å². The fourth-order valence-corrected chi connectivity index (χ4v) is 3.40. The SMILES string of the molecule is Cc1ccc(C(=O)Nc2ccc(C(C)C)cc2)c(Nc2ncccc2-c2ccncn2)c1. The van der Waals surface area contributed by atoms with Gasteiger partial charge in [-0.15, -0.1) is 0 Å². The van der Waals surface area contributed by atoms with Crippen LogP contribution in [0, 0.1) is 6.92 Å². The molecule has 160 valence electrons. The molecule has 6 nitrogen and oxygen atoms in total. The fourth-order valence-electron chi connectivity index (χ4n) is 3.40. The number of nitrogens with zero attached hydrogens (tertiary/aromatic N) is 3. The average molecular weight is 424 g/mol. The molecule has 0 atom stereocenters. The summed E-state index contributed by atoms with van der Waals surface area (Å²) >= 11 is 0. The predicted octanol–water partition coefficient (Wildman–Crippen LogP) is 5.97. The van der Waals surface area contributed by atoms with Crippen molar-refractivity contribution in [1.82, 2.24) is 15.0 Å². The molecule has 0 aliphatic rings. The summed E-state index contributed by atoms with van der Waals surface area (Å²) in [7, 11) is 0. The van der Waals surface area contributed by atoms with Crippen LogP contribution in [-0.2, 0) is 0 Å². The third-order valence-corrected chi connectivity index (χ3v) is 5.17. The van der Waals surface area contributed by atoms with Gasteiger partial charge in [-0.2, -0.15) is 0 Å². The Labute approximate surface area is 187 Å². The van der Waals surface area contributed by atoms with Crippen LogP contribution in [0.4, 0.5) is 17.2 Å². The van der Waals surface area contributed by atoms with E-state index in [2.05, 4.69) is 39.4 Å². The lowest BCUT2D eigenvalue weighted by molar-refractivity contribution is 0.102. The largest absolute Gasteiger partial charge is 0.339 e. The van der Waals surface area contributed by atoms with Crippen molar-refractivity contribution in [2.45, 2.75) is 26.7 Å². The Kier molecular flexibility index (Phi) is 6.22. The number of amides is 1. The lowest BCUT2D eigenvalue weighted by atomic mass is 10.0. The second-order valence-corrected chi connectivity index (χ2v) is 7.90. The van der Waals surface area contributed by atoms with Gasteiger partial charge in [0.25, 0.3) is 5.91 Å². The van der Waals surface area contributed by atoms with E-state index in [1.54, 1.807) is 12.4 Å². The molecule has 4 aromatic rings. The van der Waals surface area contributed by atoms with Crippen molar-refractivity contribution < 1.29 is 4.79 Å². The van der Waals surface area contributed by atoms with Crippen LogP contribution in [0.1, 0.15) is 41.3 Å². The summed E-state index contributed by atoms with van der Waals surface area (Å²) in [5.74, 6) is 0.867. The number of rotatable bonds is 6. The topological polar surface area (TPSA) is 79.8 Å². The molecule has 2 N–H and O–H groups in total. The fraction of sp³-hybridized carbons (Fsp3) is 0.154. The Morgan fingerprint density at radius 3 is 2.47 bits per heavy atom. The molecule has 6 heteroatoms. The number of nitrogens with one attached hydrogen (secondary N) is 2. The molecule has 0 aliphatic heterocycles. The number of carbonyl (C=O) groups excluding carboxylic acids is 1. The van der Waals surface area contributed by atoms with E-state index in [0.717, 1.165) is 22.5 Å². The monoisotopic (exact) mass is 423 g/mol. The maximum Gasteiger partial charge on any atom is 0.257 e. The van der Waals surface area contributed by atoms with Crippen LogP contribution in [0.15, 0.2) is 79.4 Å². The smallest absolute Gasteiger partial charge is 0.257 e. The lowest BCUT2D eigenvalue weighted by Gasteiger charge is -2.15. The number of aromatic nitrogens is 3. The van der Waals surface area contributed by atoms with E-state index < -0.39 is 0 Å². The van der Waals surface area contributed by atoms with Gasteiger partial charge in [-0.25, -0.2) is 15.0 Å². The van der Waals surface area contributed by atoms with E-state index in [4.69, 9.17) is 0 Å². The third-order valence-electron chi connectivity index (χ3n) is 5.17. The molecule has 0 spiro atoms. The first-order chi connectivity index (χ1) is 15.5. The van der Waals surface area contributed by atoms with Gasteiger partial charge in [0.2, 0.25) is 0 Å². The van der Waals surface area contributed by atoms with Crippen LogP contribution in [0.3, 0.4) is 0 Å². The minimum atomic E-state index is -0.190. The molecule has 2 heterocycles. The van der Waals surface area contributed by atoms with E-state index in [1.807, 2.05) is 67.6 Å². The summed E-state index contributed by atoms with van der Waals surface area (Å²) in [6.45, 7) is 6.28. The number of anilines is 3. The molecule has 2 aromatic carbocycles. The minimum Gasteiger partial charge on any atom is -0.339 e. The van der Waals surface area contributed by atoms with E-state index in [-0.39, 0.29) is 5.91 Å². The second kappa shape index (κ2) is 9.39. The molecule has 2 aromatic heterocycles. The summed E-state index contributed by atoms with van der Waals surface area (Å²) in [6, 6.07) is 19.2. The summed E-state index contributed by atoms with van der Waals surface area (Å²) in [6.07, 6.45) is 4.90. The second-order valence-electron chi connectivity index (χ2n) is 7.90. The predicted molar refractivity (Wildman–Crippen MR) is 128 cm³/mol. The Hall–Kier alpha value is -4.06. The van der Waals surface area contributed by atoms with E-state index in [9.17, 15) is 4.79 Å². The first kappa shape index (κ1) is 21.2. The van der Waals surface area contributed by atoms with Crippen LogP contribution in [-0.4, -0.2) is 20.9 Å². The molecule has 0 fully saturated rings. The molecular formula is C26H25N5O. The van der Waals surface area contributed by atoms with E-state index in [1.165, 1.54) is 11.9 Å². The van der Waals surface area contributed by atoms with Crippen LogP contribution in [0.5, 0.6) is 0 Å². The maximum atomic E-state index is 13.1. The van der Waals surface area contributed by atoms with Crippen molar-refractivity contribution >= 4 is 23.1 Å².